The van der Waals surface area contributed by atoms with Gasteiger partial charge in [0, 0.05) is 79.0 Å². The molecule has 0 bridgehead atoms. The van der Waals surface area contributed by atoms with E-state index in [4.69, 9.17) is 9.84 Å². The number of carboxylic acids is 3. The van der Waals surface area contributed by atoms with Gasteiger partial charge in [-0.3, -0.25) is 9.28 Å². The molecule has 276 valence electrons. The standard InChI is InChI=1S/C21H38N2O5.C15H29NO3.2Na/c1-2-3-4-5-6-7-8-9-10-11-12-19-22-13-14-23(19,17-20(24)25)15-16-28-18-21(26)27;1-3-4-5-6-7-8-9-10-11-12-14(17)16(2)13-15(18)19;;/h2-18H2,1H3,(H-,24,25,26,27);3-13H2,1-2H3,(H,18,19);;. The van der Waals surface area contributed by atoms with E-state index in [0.717, 1.165) is 37.9 Å². The number of amidine groups is 1. The molecule has 1 aliphatic heterocycles. The Balaban J connectivity index is -0.000000889. The van der Waals surface area contributed by atoms with Crippen LogP contribution in [0, 0.1) is 0 Å². The number of carboxylic acid groups (broad SMARTS) is 3. The van der Waals surface area contributed by atoms with Gasteiger partial charge in [-0.2, -0.15) is 0 Å². The molecular weight excluding hydrogens is 648 g/mol. The molecule has 0 aliphatic carbocycles. The summed E-state index contributed by atoms with van der Waals surface area (Å²) in [7, 11) is 1.51. The zero-order chi connectivity index (χ0) is 35.2. The van der Waals surface area contributed by atoms with Gasteiger partial charge < -0.3 is 29.8 Å². The number of hydrogen-bond donors (Lipinski definition) is 2. The van der Waals surface area contributed by atoms with Crippen molar-refractivity contribution in [3.05, 3.63) is 0 Å². The topological polar surface area (TPSA) is 157 Å². The van der Waals surface area contributed by atoms with E-state index >= 15 is 0 Å². The monoisotopic (exact) mass is 715 g/mol. The van der Waals surface area contributed by atoms with E-state index in [0.29, 0.717) is 30.5 Å². The summed E-state index contributed by atoms with van der Waals surface area (Å²) >= 11 is 0. The first kappa shape index (κ1) is 52.8. The predicted octanol–water partition coefficient (Wildman–Crippen LogP) is 5.07. The summed E-state index contributed by atoms with van der Waals surface area (Å²) in [6.07, 6.45) is 24.8. The smallest absolute Gasteiger partial charge is 0.359 e. The first-order valence-electron chi connectivity index (χ1n) is 18.4. The Bertz CT molecular complexity index is 894. The normalized spacial score (nSPS) is 14.9. The Morgan fingerprint density at radius 3 is 1.67 bits per heavy atom. The molecule has 2 radical (unpaired) electrons. The molecule has 1 unspecified atom stereocenters. The van der Waals surface area contributed by atoms with Crippen molar-refractivity contribution in [1.29, 1.82) is 0 Å². The maximum atomic E-state index is 11.5. The third kappa shape index (κ3) is 30.8. The molecule has 1 amide bonds. The number of ether oxygens (including phenoxy) is 1. The predicted molar refractivity (Wildman–Crippen MR) is 196 cm³/mol. The van der Waals surface area contributed by atoms with Crippen LogP contribution in [-0.2, 0) is 23.9 Å². The fourth-order valence-electron chi connectivity index (χ4n) is 5.94. The zero-order valence-corrected chi connectivity index (χ0v) is 36.0. The molecule has 0 aromatic heterocycles. The number of quaternary nitrogens is 1. The van der Waals surface area contributed by atoms with E-state index in [1.807, 2.05) is 0 Å². The zero-order valence-electron chi connectivity index (χ0n) is 32.0. The molecule has 1 aliphatic rings. The molecule has 11 nitrogen and oxygen atoms in total. The van der Waals surface area contributed by atoms with Crippen molar-refractivity contribution in [3.63, 3.8) is 0 Å². The molecule has 0 aromatic rings. The number of unbranched alkanes of at least 4 members (excludes halogenated alkanes) is 17. The summed E-state index contributed by atoms with van der Waals surface area (Å²) in [6, 6.07) is 0. The Hall–Kier alpha value is -0.530. The summed E-state index contributed by atoms with van der Waals surface area (Å²) in [5, 5.41) is 28.4. The number of nitrogens with zero attached hydrogens (tertiary/aromatic N) is 3. The van der Waals surface area contributed by atoms with Crippen molar-refractivity contribution in [2.24, 2.45) is 4.99 Å². The maximum Gasteiger partial charge on any atom is 0.359 e. The third-order valence-electron chi connectivity index (χ3n) is 8.74. The Kier molecular flexibility index (Phi) is 38.7. The Labute approximate surface area is 341 Å². The number of aliphatic carboxylic acids is 3. The van der Waals surface area contributed by atoms with E-state index in [9.17, 15) is 29.4 Å². The van der Waals surface area contributed by atoms with E-state index in [-0.39, 0.29) is 91.3 Å². The molecule has 0 saturated carbocycles. The molecule has 1 rings (SSSR count). The molecule has 13 heteroatoms. The molecule has 2 N–H and O–H groups in total. The van der Waals surface area contributed by atoms with Crippen molar-refractivity contribution in [1.82, 2.24) is 4.90 Å². The first-order chi connectivity index (χ1) is 22.6. The van der Waals surface area contributed by atoms with Crippen LogP contribution in [0.25, 0.3) is 0 Å². The number of likely N-dealkylation sites (N-methyl/N-ethyl adjacent to an activating group) is 1. The van der Waals surface area contributed by atoms with Crippen LogP contribution in [0.15, 0.2) is 4.99 Å². The summed E-state index contributed by atoms with van der Waals surface area (Å²) in [5.74, 6) is -2.22. The average molecular weight is 716 g/mol. The van der Waals surface area contributed by atoms with Crippen LogP contribution in [0.1, 0.15) is 149 Å². The van der Waals surface area contributed by atoms with Crippen LogP contribution in [0.5, 0.6) is 0 Å². The molecule has 1 atom stereocenters. The van der Waals surface area contributed by atoms with Crippen molar-refractivity contribution >= 4 is 88.8 Å². The van der Waals surface area contributed by atoms with Gasteiger partial charge in [0.2, 0.25) is 5.91 Å². The second kappa shape index (κ2) is 35.9. The number of amides is 1. The minimum atomic E-state index is -1.21. The van der Waals surface area contributed by atoms with Crippen LogP contribution >= 0.6 is 0 Å². The van der Waals surface area contributed by atoms with Crippen LogP contribution < -0.4 is 5.11 Å². The second-order valence-electron chi connectivity index (χ2n) is 13.0. The molecular formula is C36H67N3Na2O8. The summed E-state index contributed by atoms with van der Waals surface area (Å²) in [6.45, 7) is 5.79. The second-order valence-corrected chi connectivity index (χ2v) is 13.0. The summed E-state index contributed by atoms with van der Waals surface area (Å²) < 4.78 is 5.47. The van der Waals surface area contributed by atoms with Gasteiger partial charge in [-0.15, -0.1) is 0 Å². The Morgan fingerprint density at radius 2 is 1.22 bits per heavy atom. The van der Waals surface area contributed by atoms with Gasteiger partial charge in [-0.05, 0) is 12.8 Å². The number of carbonyl (C=O) groups is 4. The van der Waals surface area contributed by atoms with E-state index < -0.39 is 17.9 Å². The van der Waals surface area contributed by atoms with E-state index in [2.05, 4.69) is 18.8 Å². The third-order valence-corrected chi connectivity index (χ3v) is 8.74. The van der Waals surface area contributed by atoms with Gasteiger partial charge in [-0.25, -0.2) is 14.6 Å². The first-order valence-corrected chi connectivity index (χ1v) is 18.4. The minimum absolute atomic E-state index is 0. The van der Waals surface area contributed by atoms with Crippen molar-refractivity contribution in [3.8, 4) is 0 Å². The van der Waals surface area contributed by atoms with Gasteiger partial charge >= 0.3 is 11.9 Å². The molecule has 0 aromatic carbocycles. The molecule has 0 fully saturated rings. The number of hydrogen-bond acceptors (Lipinski definition) is 7. The van der Waals surface area contributed by atoms with Gasteiger partial charge in [-0.1, -0.05) is 123 Å². The van der Waals surface area contributed by atoms with Crippen LogP contribution in [-0.4, -0.2) is 161 Å². The van der Waals surface area contributed by atoms with Crippen molar-refractivity contribution in [2.75, 3.05) is 53.0 Å². The SMILES string of the molecule is CCCCCCCCCCCC(=O)N(C)CC(=O)[O-].CCCCCCCCCCCCC1=NCC[N+]1(CCOCC(=O)O)CC(=O)O.[Na].[Na]. The summed E-state index contributed by atoms with van der Waals surface area (Å²) in [5.41, 5.74) is 0. The molecule has 0 saturated heterocycles. The van der Waals surface area contributed by atoms with Crippen LogP contribution in [0.4, 0.5) is 0 Å². The minimum Gasteiger partial charge on any atom is -0.548 e. The van der Waals surface area contributed by atoms with Gasteiger partial charge in [0.15, 0.2) is 12.4 Å². The molecule has 1 heterocycles. The van der Waals surface area contributed by atoms with Gasteiger partial charge in [0.05, 0.1) is 25.7 Å². The number of carbonyl (C=O) groups excluding carboxylic acids is 2. The average Bonchev–Trinajstić information content (AvgIpc) is 3.40. The van der Waals surface area contributed by atoms with Crippen molar-refractivity contribution < 1.29 is 43.7 Å². The summed E-state index contributed by atoms with van der Waals surface area (Å²) in [4.78, 5) is 49.6. The maximum absolute atomic E-state index is 11.5. The quantitative estimate of drug-likeness (QED) is 0.0594. The van der Waals surface area contributed by atoms with Gasteiger partial charge in [0.1, 0.15) is 19.7 Å². The molecule has 49 heavy (non-hydrogen) atoms. The van der Waals surface area contributed by atoms with Crippen LogP contribution in [0.3, 0.4) is 0 Å². The molecule has 0 spiro atoms. The van der Waals surface area contributed by atoms with Gasteiger partial charge in [0.25, 0.3) is 0 Å². The number of rotatable bonds is 30. The number of aliphatic imine (C=N–C) groups is 1. The van der Waals surface area contributed by atoms with Crippen LogP contribution in [0.2, 0.25) is 0 Å². The largest absolute Gasteiger partial charge is 0.548 e. The Morgan fingerprint density at radius 1 is 0.755 bits per heavy atom. The van der Waals surface area contributed by atoms with Crippen molar-refractivity contribution in [2.45, 2.75) is 149 Å². The fourth-order valence-corrected chi connectivity index (χ4v) is 5.94. The van der Waals surface area contributed by atoms with E-state index in [1.165, 1.54) is 108 Å². The fraction of sp³-hybridized carbons (Fsp3) is 0.861. The van der Waals surface area contributed by atoms with E-state index in [1.54, 1.807) is 0 Å².